The van der Waals surface area contributed by atoms with Gasteiger partial charge >= 0.3 is 5.97 Å². The fourth-order valence-corrected chi connectivity index (χ4v) is 3.16. The maximum Gasteiger partial charge on any atom is 0.339 e. The van der Waals surface area contributed by atoms with Crippen molar-refractivity contribution in [3.8, 4) is 22.9 Å². The summed E-state index contributed by atoms with van der Waals surface area (Å²) in [5.74, 6) is -0.774. The van der Waals surface area contributed by atoms with Crippen LogP contribution in [0.1, 0.15) is 69.7 Å². The molecule has 0 aliphatic rings. The van der Waals surface area contributed by atoms with Gasteiger partial charge in [0.25, 0.3) is 0 Å². The summed E-state index contributed by atoms with van der Waals surface area (Å²) < 4.78 is 25.3. The van der Waals surface area contributed by atoms with Gasteiger partial charge in [-0.2, -0.15) is 5.26 Å². The minimum Gasteiger partial charge on any atom is -0.491 e. The Labute approximate surface area is 185 Å². The van der Waals surface area contributed by atoms with Crippen LogP contribution in [0, 0.1) is 23.1 Å². The maximum absolute atomic E-state index is 14.4. The second kappa shape index (κ2) is 12.7. The van der Waals surface area contributed by atoms with Crippen molar-refractivity contribution in [3.05, 3.63) is 53.8 Å². The largest absolute Gasteiger partial charge is 0.491 e. The summed E-state index contributed by atoms with van der Waals surface area (Å²) in [6.45, 7) is 6.34. The van der Waals surface area contributed by atoms with Crippen molar-refractivity contribution in [2.45, 2.75) is 65.4 Å². The highest BCUT2D eigenvalue weighted by molar-refractivity contribution is 5.90. The van der Waals surface area contributed by atoms with Crippen molar-refractivity contribution in [1.29, 1.82) is 5.26 Å². The molecule has 4 nitrogen and oxygen atoms in total. The Bertz CT molecular complexity index is 871. The number of hydrogen-bond donors (Lipinski definition) is 0. The number of hydrogen-bond acceptors (Lipinski definition) is 4. The summed E-state index contributed by atoms with van der Waals surface area (Å²) in [5.41, 5.74) is 1.82. The molecule has 2 rings (SSSR count). The molecule has 0 fully saturated rings. The number of carbonyl (C=O) groups is 1. The van der Waals surface area contributed by atoms with Crippen LogP contribution in [0.3, 0.4) is 0 Å². The molecule has 1 unspecified atom stereocenters. The first-order chi connectivity index (χ1) is 15.0. The van der Waals surface area contributed by atoms with Gasteiger partial charge in [-0.25, -0.2) is 9.18 Å². The van der Waals surface area contributed by atoms with Crippen molar-refractivity contribution < 1.29 is 18.7 Å². The molecule has 166 valence electrons. The number of halogens is 1. The van der Waals surface area contributed by atoms with Crippen molar-refractivity contribution in [3.63, 3.8) is 0 Å². The lowest BCUT2D eigenvalue weighted by Gasteiger charge is -2.14. The molecule has 0 spiro atoms. The van der Waals surface area contributed by atoms with Crippen molar-refractivity contribution in [2.24, 2.45) is 5.92 Å². The van der Waals surface area contributed by atoms with Crippen molar-refractivity contribution in [2.75, 3.05) is 6.61 Å². The zero-order valence-corrected chi connectivity index (χ0v) is 18.7. The minimum absolute atomic E-state index is 0.0852. The summed E-state index contributed by atoms with van der Waals surface area (Å²) >= 11 is 0. The smallest absolute Gasteiger partial charge is 0.339 e. The minimum atomic E-state index is -0.787. The lowest BCUT2D eigenvalue weighted by Crippen LogP contribution is -2.21. The Hall–Kier alpha value is -2.87. The van der Waals surface area contributed by atoms with E-state index in [4.69, 9.17) is 14.7 Å². The van der Waals surface area contributed by atoms with E-state index >= 15 is 0 Å². The summed E-state index contributed by atoms with van der Waals surface area (Å²) in [6, 6.07) is 13.6. The van der Waals surface area contributed by atoms with Gasteiger partial charge in [0.2, 0.25) is 0 Å². The maximum atomic E-state index is 14.4. The number of unbranched alkanes of at least 4 members (excludes halogenated alkanes) is 5. The topological polar surface area (TPSA) is 59.3 Å². The van der Waals surface area contributed by atoms with E-state index in [1.807, 2.05) is 19.9 Å². The highest BCUT2D eigenvalue weighted by atomic mass is 19.1. The molecular weight excluding hydrogens is 393 g/mol. The predicted octanol–water partition coefficient (Wildman–Crippen LogP) is 6.94. The number of benzene rings is 2. The van der Waals surface area contributed by atoms with E-state index in [1.165, 1.54) is 31.7 Å². The van der Waals surface area contributed by atoms with Gasteiger partial charge in [0.05, 0.1) is 12.2 Å². The first-order valence-electron chi connectivity index (χ1n) is 11.1. The predicted molar refractivity (Wildman–Crippen MR) is 120 cm³/mol. The molecule has 0 bridgehead atoms. The average molecular weight is 426 g/mol. The zero-order valence-electron chi connectivity index (χ0n) is 18.7. The van der Waals surface area contributed by atoms with Crippen molar-refractivity contribution in [1.82, 2.24) is 0 Å². The number of ether oxygens (including phenoxy) is 2. The normalized spacial score (nSPS) is 11.7. The van der Waals surface area contributed by atoms with Crippen molar-refractivity contribution >= 4 is 5.97 Å². The van der Waals surface area contributed by atoms with E-state index in [1.54, 1.807) is 36.4 Å². The van der Waals surface area contributed by atoms with Gasteiger partial charge in [0.15, 0.2) is 17.7 Å². The Morgan fingerprint density at radius 3 is 2.26 bits per heavy atom. The molecule has 0 N–H and O–H groups in total. The first kappa shape index (κ1) is 24.4. The van der Waals surface area contributed by atoms with Crippen LogP contribution >= 0.6 is 0 Å². The standard InChI is InChI=1S/C26H32FNO3/c1-4-5-6-7-8-9-16-30-24-15-14-22(17-23(24)27)20-10-12-21(13-11-20)26(29)31-25(18-28)19(2)3/h10-15,17,19,25H,4-9,16H2,1-3H3. The third-order valence-corrected chi connectivity index (χ3v) is 5.11. The van der Waals surface area contributed by atoms with Crippen LogP contribution in [-0.4, -0.2) is 18.7 Å². The second-order valence-electron chi connectivity index (χ2n) is 8.04. The van der Waals surface area contributed by atoms with Crippen LogP contribution in [0.2, 0.25) is 0 Å². The summed E-state index contributed by atoms with van der Waals surface area (Å²) in [6.07, 6.45) is 6.15. The third-order valence-electron chi connectivity index (χ3n) is 5.11. The molecule has 0 saturated carbocycles. The van der Waals surface area contributed by atoms with Gasteiger partial charge in [-0.1, -0.05) is 71.1 Å². The molecule has 2 aromatic rings. The number of nitriles is 1. The summed E-state index contributed by atoms with van der Waals surface area (Å²) in [7, 11) is 0. The van der Waals surface area contributed by atoms with Gasteiger partial charge < -0.3 is 9.47 Å². The number of carbonyl (C=O) groups excluding carboxylic acids is 1. The molecule has 1 atom stereocenters. The molecule has 0 amide bonds. The van der Waals surface area contributed by atoms with Gasteiger partial charge in [0.1, 0.15) is 6.07 Å². The summed E-state index contributed by atoms with van der Waals surface area (Å²) in [5, 5.41) is 9.07. The number of rotatable bonds is 12. The van der Waals surface area contributed by atoms with Gasteiger partial charge in [-0.05, 0) is 41.8 Å². The fraction of sp³-hybridized carbons (Fsp3) is 0.462. The fourth-order valence-electron chi connectivity index (χ4n) is 3.16. The average Bonchev–Trinajstić information content (AvgIpc) is 2.77. The van der Waals surface area contributed by atoms with Gasteiger partial charge in [-0.3, -0.25) is 0 Å². The van der Waals surface area contributed by atoms with E-state index in [2.05, 4.69) is 6.92 Å². The molecule has 0 aromatic heterocycles. The molecule has 0 radical (unpaired) electrons. The molecule has 31 heavy (non-hydrogen) atoms. The van der Waals surface area contributed by atoms with Crippen LogP contribution in [0.25, 0.3) is 11.1 Å². The molecule has 5 heteroatoms. The highest BCUT2D eigenvalue weighted by Crippen LogP contribution is 2.26. The number of esters is 1. The molecular formula is C26H32FNO3. The molecule has 0 aliphatic heterocycles. The van der Waals surface area contributed by atoms with E-state index in [-0.39, 0.29) is 11.7 Å². The van der Waals surface area contributed by atoms with Crippen LogP contribution in [0.15, 0.2) is 42.5 Å². The van der Waals surface area contributed by atoms with E-state index in [0.717, 1.165) is 18.4 Å². The Morgan fingerprint density at radius 2 is 1.65 bits per heavy atom. The molecule has 2 aromatic carbocycles. The number of nitrogens with zero attached hydrogens (tertiary/aromatic N) is 1. The summed E-state index contributed by atoms with van der Waals surface area (Å²) in [4.78, 5) is 12.2. The molecule has 0 aliphatic carbocycles. The quantitative estimate of drug-likeness (QED) is 0.273. The van der Waals surface area contributed by atoms with Crippen LogP contribution in [0.4, 0.5) is 4.39 Å². The van der Waals surface area contributed by atoms with Gasteiger partial charge in [0, 0.05) is 5.92 Å². The van der Waals surface area contributed by atoms with Gasteiger partial charge in [-0.15, -0.1) is 0 Å². The van der Waals surface area contributed by atoms with Crippen LogP contribution in [0.5, 0.6) is 5.75 Å². The first-order valence-corrected chi connectivity index (χ1v) is 11.1. The zero-order chi connectivity index (χ0) is 22.6. The Balaban J connectivity index is 1.92. The second-order valence-corrected chi connectivity index (χ2v) is 8.04. The molecule has 0 saturated heterocycles. The van der Waals surface area contributed by atoms with E-state index < -0.39 is 17.9 Å². The SMILES string of the molecule is CCCCCCCCOc1ccc(-c2ccc(C(=O)OC(C#N)C(C)C)cc2)cc1F. The van der Waals surface area contributed by atoms with Crippen LogP contribution < -0.4 is 4.74 Å². The van der Waals surface area contributed by atoms with E-state index in [0.29, 0.717) is 17.7 Å². The lowest BCUT2D eigenvalue weighted by atomic mass is 10.0. The van der Waals surface area contributed by atoms with Crippen LogP contribution in [-0.2, 0) is 4.74 Å². The lowest BCUT2D eigenvalue weighted by molar-refractivity contribution is 0.0325. The monoisotopic (exact) mass is 425 g/mol. The third kappa shape index (κ3) is 7.71. The Morgan fingerprint density at radius 1 is 1.00 bits per heavy atom. The highest BCUT2D eigenvalue weighted by Gasteiger charge is 2.18. The molecule has 0 heterocycles. The van der Waals surface area contributed by atoms with E-state index in [9.17, 15) is 9.18 Å². The Kier molecular flexibility index (Phi) is 10.0.